The molecule has 4 rings (SSSR count). The smallest absolute Gasteiger partial charge is 0.378 e. The largest absolute Gasteiger partial charge is 0.420 e. The molecule has 31 heavy (non-hydrogen) atoms. The molecule has 1 aromatic carbocycles. The first-order valence-corrected chi connectivity index (χ1v) is 9.73. The number of rotatable bonds is 4. The Bertz CT molecular complexity index is 1050. The lowest BCUT2D eigenvalue weighted by molar-refractivity contribution is -0.208. The molecule has 0 radical (unpaired) electrons. The van der Waals surface area contributed by atoms with E-state index in [1.54, 1.807) is 29.2 Å². The van der Waals surface area contributed by atoms with Gasteiger partial charge in [-0.15, -0.1) is 0 Å². The van der Waals surface area contributed by atoms with Crippen LogP contribution in [0.4, 0.5) is 13.2 Å². The van der Waals surface area contributed by atoms with Crippen molar-refractivity contribution in [3.8, 4) is 5.69 Å². The number of aliphatic hydroxyl groups excluding tert-OH is 1. The molecule has 1 amide bonds. The lowest BCUT2D eigenvalue weighted by Gasteiger charge is -2.37. The van der Waals surface area contributed by atoms with Crippen LogP contribution in [-0.4, -0.2) is 54.8 Å². The molecule has 3 aromatic rings. The van der Waals surface area contributed by atoms with Gasteiger partial charge >= 0.3 is 6.18 Å². The summed E-state index contributed by atoms with van der Waals surface area (Å²) < 4.78 is 43.4. The van der Waals surface area contributed by atoms with E-state index in [-0.39, 0.29) is 30.2 Å². The van der Waals surface area contributed by atoms with Crippen LogP contribution >= 0.6 is 0 Å². The van der Waals surface area contributed by atoms with Gasteiger partial charge < -0.3 is 14.5 Å². The Labute approximate surface area is 175 Å². The minimum Gasteiger partial charge on any atom is -0.378 e. The molecule has 1 saturated heterocycles. The summed E-state index contributed by atoms with van der Waals surface area (Å²) in [5.41, 5.74) is 0.355. The zero-order chi connectivity index (χ0) is 22.2. The van der Waals surface area contributed by atoms with Crippen LogP contribution in [0.5, 0.6) is 0 Å². The molecule has 11 heteroatoms. The Morgan fingerprint density at radius 2 is 1.94 bits per heavy atom. The van der Waals surface area contributed by atoms with E-state index < -0.39 is 18.0 Å². The number of carbonyl (C=O) groups excluding carboxylic acids is 1. The van der Waals surface area contributed by atoms with E-state index in [2.05, 4.69) is 15.4 Å². The third-order valence-electron chi connectivity index (χ3n) is 5.45. The standard InChI is InChI=1S/C20H20F3N5O3/c1-12-6-7-13(17-10-15(26-31-17)18(29)20(21,22)23)11-27(12)19(30)14-4-2-3-5-16(14)28-24-8-9-25-28/h2-5,8-10,12-13,18,29H,6-7,11H2,1H3/t12-,13-,18?/m1/s1. The number of hydrogen-bond donors (Lipinski definition) is 1. The van der Waals surface area contributed by atoms with E-state index in [4.69, 9.17) is 4.52 Å². The van der Waals surface area contributed by atoms with Crippen molar-refractivity contribution in [1.29, 1.82) is 0 Å². The Kier molecular flexibility index (Phi) is 5.52. The average Bonchev–Trinajstić information content (AvgIpc) is 3.45. The second-order valence-electron chi connectivity index (χ2n) is 7.51. The number of para-hydroxylation sites is 1. The highest BCUT2D eigenvalue weighted by Crippen LogP contribution is 2.36. The number of carbonyl (C=O) groups is 1. The predicted molar refractivity (Wildman–Crippen MR) is 101 cm³/mol. The van der Waals surface area contributed by atoms with Crippen molar-refractivity contribution in [3.05, 3.63) is 59.7 Å². The van der Waals surface area contributed by atoms with Crippen LogP contribution in [-0.2, 0) is 0 Å². The molecule has 0 bridgehead atoms. The van der Waals surface area contributed by atoms with Crippen LogP contribution in [0, 0.1) is 0 Å². The van der Waals surface area contributed by atoms with Gasteiger partial charge in [-0.3, -0.25) is 4.79 Å². The third-order valence-corrected chi connectivity index (χ3v) is 5.45. The molecule has 3 atom stereocenters. The summed E-state index contributed by atoms with van der Waals surface area (Å²) in [6, 6.07) is 7.98. The zero-order valence-electron chi connectivity index (χ0n) is 16.5. The van der Waals surface area contributed by atoms with Gasteiger partial charge in [0.05, 0.1) is 23.6 Å². The fourth-order valence-electron chi connectivity index (χ4n) is 3.74. The van der Waals surface area contributed by atoms with Gasteiger partial charge in [-0.05, 0) is 31.9 Å². The van der Waals surface area contributed by atoms with Crippen molar-refractivity contribution < 1.29 is 27.6 Å². The highest BCUT2D eigenvalue weighted by atomic mass is 19.4. The number of alkyl halides is 3. The SMILES string of the molecule is C[C@@H]1CC[C@@H](c2cc(C(O)C(F)(F)F)no2)CN1C(=O)c1ccccc1-n1nccn1. The molecule has 1 aliphatic rings. The van der Waals surface area contributed by atoms with Crippen molar-refractivity contribution in [2.24, 2.45) is 0 Å². The van der Waals surface area contributed by atoms with Gasteiger partial charge in [0.25, 0.3) is 5.91 Å². The number of hydrogen-bond acceptors (Lipinski definition) is 6. The summed E-state index contributed by atoms with van der Waals surface area (Å²) in [5, 5.41) is 21.0. The number of benzene rings is 1. The maximum atomic E-state index is 13.4. The molecule has 0 aliphatic carbocycles. The molecule has 0 saturated carbocycles. The molecular formula is C20H20F3N5O3. The molecule has 3 heterocycles. The minimum atomic E-state index is -4.83. The van der Waals surface area contributed by atoms with Crippen molar-refractivity contribution in [2.75, 3.05) is 6.54 Å². The predicted octanol–water partition coefficient (Wildman–Crippen LogP) is 3.26. The van der Waals surface area contributed by atoms with Crippen LogP contribution in [0.2, 0.25) is 0 Å². The quantitative estimate of drug-likeness (QED) is 0.676. The summed E-state index contributed by atoms with van der Waals surface area (Å²) in [6.45, 7) is 2.17. The van der Waals surface area contributed by atoms with E-state index in [0.29, 0.717) is 24.1 Å². The second kappa shape index (κ2) is 8.14. The van der Waals surface area contributed by atoms with Crippen LogP contribution in [0.15, 0.2) is 47.2 Å². The van der Waals surface area contributed by atoms with Crippen molar-refractivity contribution >= 4 is 5.91 Å². The number of aliphatic hydroxyl groups is 1. The minimum absolute atomic E-state index is 0.0782. The van der Waals surface area contributed by atoms with Gasteiger partial charge in [0.1, 0.15) is 11.5 Å². The summed E-state index contributed by atoms with van der Waals surface area (Å²) in [4.78, 5) is 16.4. The molecule has 1 N–H and O–H groups in total. The molecule has 2 aromatic heterocycles. The number of amides is 1. The zero-order valence-corrected chi connectivity index (χ0v) is 16.5. The Morgan fingerprint density at radius 3 is 2.65 bits per heavy atom. The summed E-state index contributed by atoms with van der Waals surface area (Å²) >= 11 is 0. The molecule has 0 spiro atoms. The van der Waals surface area contributed by atoms with Crippen LogP contribution in [0.1, 0.15) is 53.6 Å². The first-order valence-electron chi connectivity index (χ1n) is 9.73. The van der Waals surface area contributed by atoms with Gasteiger partial charge in [-0.1, -0.05) is 17.3 Å². The van der Waals surface area contributed by atoms with Gasteiger partial charge in [-0.2, -0.15) is 28.2 Å². The molecule has 1 fully saturated rings. The third kappa shape index (κ3) is 4.18. The van der Waals surface area contributed by atoms with Crippen LogP contribution in [0.3, 0.4) is 0 Å². The van der Waals surface area contributed by atoms with Gasteiger partial charge in [0, 0.05) is 24.6 Å². The Morgan fingerprint density at radius 1 is 1.23 bits per heavy atom. The average molecular weight is 435 g/mol. The number of likely N-dealkylation sites (tertiary alicyclic amines) is 1. The topological polar surface area (TPSA) is 97.3 Å². The van der Waals surface area contributed by atoms with Crippen molar-refractivity contribution in [2.45, 2.75) is 44.0 Å². The van der Waals surface area contributed by atoms with Crippen molar-refractivity contribution in [1.82, 2.24) is 25.1 Å². The van der Waals surface area contributed by atoms with Gasteiger partial charge in [0.2, 0.25) is 0 Å². The van der Waals surface area contributed by atoms with E-state index in [0.717, 1.165) is 6.07 Å². The fourth-order valence-corrected chi connectivity index (χ4v) is 3.74. The monoisotopic (exact) mass is 435 g/mol. The summed E-state index contributed by atoms with van der Waals surface area (Å²) in [5.74, 6) is -0.359. The molecule has 8 nitrogen and oxygen atoms in total. The van der Waals surface area contributed by atoms with Crippen LogP contribution in [0.25, 0.3) is 5.69 Å². The molecule has 164 valence electrons. The Hall–Kier alpha value is -3.21. The fraction of sp³-hybridized carbons (Fsp3) is 0.400. The first kappa shape index (κ1) is 21.0. The number of halogens is 3. The summed E-state index contributed by atoms with van der Waals surface area (Å²) in [6.07, 6.45) is -3.27. The van der Waals surface area contributed by atoms with E-state index >= 15 is 0 Å². The van der Waals surface area contributed by atoms with E-state index in [1.807, 2.05) is 6.92 Å². The molecule has 1 aliphatic heterocycles. The normalized spacial score (nSPS) is 20.6. The van der Waals surface area contributed by atoms with Gasteiger partial charge in [-0.25, -0.2) is 0 Å². The van der Waals surface area contributed by atoms with Crippen LogP contribution < -0.4 is 0 Å². The molecular weight excluding hydrogens is 415 g/mol. The number of aromatic nitrogens is 4. The van der Waals surface area contributed by atoms with Gasteiger partial charge in [0.15, 0.2) is 6.10 Å². The second-order valence-corrected chi connectivity index (χ2v) is 7.51. The summed E-state index contributed by atoms with van der Waals surface area (Å²) in [7, 11) is 0. The maximum Gasteiger partial charge on any atom is 0.420 e. The first-order chi connectivity index (χ1) is 14.8. The number of piperidine rings is 1. The highest BCUT2D eigenvalue weighted by Gasteiger charge is 2.42. The lowest BCUT2D eigenvalue weighted by Crippen LogP contribution is -2.45. The van der Waals surface area contributed by atoms with E-state index in [9.17, 15) is 23.1 Å². The number of nitrogens with zero attached hydrogens (tertiary/aromatic N) is 5. The Balaban J connectivity index is 1.57. The van der Waals surface area contributed by atoms with E-state index in [1.165, 1.54) is 17.2 Å². The molecule has 1 unspecified atom stereocenters. The maximum absolute atomic E-state index is 13.4. The lowest BCUT2D eigenvalue weighted by atomic mass is 9.90. The highest BCUT2D eigenvalue weighted by molar-refractivity contribution is 5.98. The van der Waals surface area contributed by atoms with Crippen molar-refractivity contribution in [3.63, 3.8) is 0 Å².